The van der Waals surface area contributed by atoms with Crippen molar-refractivity contribution in [3.63, 3.8) is 0 Å². The van der Waals surface area contributed by atoms with E-state index in [9.17, 15) is 4.79 Å². The van der Waals surface area contributed by atoms with Gasteiger partial charge in [0.05, 0.1) is 5.41 Å². The number of hydrogen-bond donors (Lipinski definition) is 0. The fraction of sp³-hybridized carbons (Fsp3) is 0.870. The molecule has 1 heterocycles. The number of cyclic esters (lactones) is 1. The first-order valence-electron chi connectivity index (χ1n) is 10.9. The topological polar surface area (TPSA) is 29.5 Å². The molecule has 144 valence electrons. The van der Waals surface area contributed by atoms with E-state index in [0.29, 0.717) is 29.2 Å². The Hall–Kier alpha value is -0.830. The highest BCUT2D eigenvalue weighted by Crippen LogP contribution is 2.68. The molecule has 0 aromatic carbocycles. The Kier molecular flexibility index (Phi) is 3.72. The van der Waals surface area contributed by atoms with Gasteiger partial charge in [0.25, 0.3) is 0 Å². The van der Waals surface area contributed by atoms with Crippen molar-refractivity contribution in [2.24, 2.45) is 34.5 Å². The number of nitrogens with zero attached hydrogens (tertiary/aromatic N) is 1. The van der Waals surface area contributed by atoms with E-state index >= 15 is 0 Å². The summed E-state index contributed by atoms with van der Waals surface area (Å²) in [7, 11) is 4.46. The average Bonchev–Trinajstić information content (AvgIpc) is 3.10. The van der Waals surface area contributed by atoms with E-state index in [1.54, 1.807) is 5.57 Å². The van der Waals surface area contributed by atoms with E-state index in [-0.39, 0.29) is 17.5 Å². The van der Waals surface area contributed by atoms with Crippen LogP contribution in [0.5, 0.6) is 0 Å². The van der Waals surface area contributed by atoms with Crippen LogP contribution in [0.25, 0.3) is 0 Å². The summed E-state index contributed by atoms with van der Waals surface area (Å²) in [5, 5.41) is 0. The molecule has 1 aliphatic heterocycles. The number of carbonyl (C=O) groups excluding carboxylic acids is 1. The van der Waals surface area contributed by atoms with Gasteiger partial charge < -0.3 is 9.64 Å². The smallest absolute Gasteiger partial charge is 0.313 e. The van der Waals surface area contributed by atoms with Crippen molar-refractivity contribution in [1.29, 1.82) is 0 Å². The molecule has 3 nitrogen and oxygen atoms in total. The number of fused-ring (bicyclic) bond motifs is 4. The largest absolute Gasteiger partial charge is 0.462 e. The fourth-order valence-corrected chi connectivity index (χ4v) is 8.22. The van der Waals surface area contributed by atoms with Gasteiger partial charge in [0.15, 0.2) is 0 Å². The quantitative estimate of drug-likeness (QED) is 0.514. The third kappa shape index (κ3) is 2.02. The second-order valence-corrected chi connectivity index (χ2v) is 10.5. The zero-order valence-corrected chi connectivity index (χ0v) is 17.0. The SMILES string of the molecule is C[C@H]1OC(=O)[C@]23CC[C@H]4[C@@H](CC=C5C[C@@H](N(C)C)CC[C@@]54C)[C@@H]2CC[C@H]13. The number of carbonyl (C=O) groups is 1. The van der Waals surface area contributed by atoms with Gasteiger partial charge in [0.1, 0.15) is 6.10 Å². The molecular formula is C23H35NO2. The molecule has 4 aliphatic carbocycles. The molecule has 1 spiro atoms. The summed E-state index contributed by atoms with van der Waals surface area (Å²) < 4.78 is 5.78. The summed E-state index contributed by atoms with van der Waals surface area (Å²) in [5.74, 6) is 2.71. The zero-order chi connectivity index (χ0) is 18.3. The molecule has 3 saturated carbocycles. The Morgan fingerprint density at radius 3 is 2.62 bits per heavy atom. The first-order chi connectivity index (χ1) is 12.4. The third-order valence-electron chi connectivity index (χ3n) is 9.63. The van der Waals surface area contributed by atoms with Crippen LogP contribution in [-0.2, 0) is 9.53 Å². The summed E-state index contributed by atoms with van der Waals surface area (Å²) in [5.41, 5.74) is 1.99. The van der Waals surface area contributed by atoms with E-state index in [0.717, 1.165) is 12.3 Å². The van der Waals surface area contributed by atoms with Crippen molar-refractivity contribution < 1.29 is 9.53 Å². The van der Waals surface area contributed by atoms with Gasteiger partial charge >= 0.3 is 5.97 Å². The Morgan fingerprint density at radius 1 is 1.08 bits per heavy atom. The molecule has 3 heteroatoms. The van der Waals surface area contributed by atoms with Crippen LogP contribution in [-0.4, -0.2) is 37.1 Å². The van der Waals surface area contributed by atoms with Crippen molar-refractivity contribution in [3.8, 4) is 0 Å². The summed E-state index contributed by atoms with van der Waals surface area (Å²) >= 11 is 0. The molecule has 0 aromatic rings. The lowest BCUT2D eigenvalue weighted by molar-refractivity contribution is -0.156. The van der Waals surface area contributed by atoms with Crippen molar-refractivity contribution in [1.82, 2.24) is 4.90 Å². The molecule has 0 bridgehead atoms. The number of hydrogen-bond acceptors (Lipinski definition) is 3. The van der Waals surface area contributed by atoms with E-state index in [2.05, 4.69) is 38.9 Å². The van der Waals surface area contributed by atoms with Gasteiger partial charge in [-0.25, -0.2) is 0 Å². The second kappa shape index (κ2) is 5.59. The van der Waals surface area contributed by atoms with Gasteiger partial charge in [-0.3, -0.25) is 4.79 Å². The number of rotatable bonds is 1. The predicted molar refractivity (Wildman–Crippen MR) is 103 cm³/mol. The molecule has 1 saturated heterocycles. The van der Waals surface area contributed by atoms with Crippen LogP contribution in [0, 0.1) is 34.5 Å². The normalized spacial score (nSPS) is 52.7. The van der Waals surface area contributed by atoms with Crippen LogP contribution in [0.15, 0.2) is 11.6 Å². The molecular weight excluding hydrogens is 322 g/mol. The molecule has 26 heavy (non-hydrogen) atoms. The highest BCUT2D eigenvalue weighted by atomic mass is 16.6. The monoisotopic (exact) mass is 357 g/mol. The van der Waals surface area contributed by atoms with Gasteiger partial charge in [0, 0.05) is 12.0 Å². The molecule has 5 rings (SSSR count). The van der Waals surface area contributed by atoms with E-state index < -0.39 is 0 Å². The van der Waals surface area contributed by atoms with Crippen molar-refractivity contribution >= 4 is 5.97 Å². The highest BCUT2D eigenvalue weighted by molar-refractivity contribution is 5.81. The van der Waals surface area contributed by atoms with E-state index in [1.807, 2.05) is 0 Å². The van der Waals surface area contributed by atoms with Crippen molar-refractivity contribution in [2.45, 2.75) is 77.4 Å². The van der Waals surface area contributed by atoms with Crippen molar-refractivity contribution in [2.75, 3.05) is 14.1 Å². The van der Waals surface area contributed by atoms with E-state index in [1.165, 1.54) is 44.9 Å². The molecule has 8 atom stereocenters. The molecule has 0 unspecified atom stereocenters. The summed E-state index contributed by atoms with van der Waals surface area (Å²) in [6.07, 6.45) is 12.6. The summed E-state index contributed by atoms with van der Waals surface area (Å²) in [4.78, 5) is 15.4. The minimum absolute atomic E-state index is 0.122. The number of esters is 1. The zero-order valence-electron chi connectivity index (χ0n) is 17.0. The molecule has 0 radical (unpaired) electrons. The summed E-state index contributed by atoms with van der Waals surface area (Å²) in [6, 6.07) is 0.710. The maximum absolute atomic E-state index is 12.9. The van der Waals surface area contributed by atoms with Crippen LogP contribution in [0.2, 0.25) is 0 Å². The third-order valence-corrected chi connectivity index (χ3v) is 9.63. The Labute approximate surface area is 158 Å². The standard InChI is InChI=1S/C23H35NO2/c1-14-18-7-8-20-17-6-5-15-13-16(24(3)4)9-11-22(15,2)19(17)10-12-23(18,20)21(25)26-14/h5,14,16-20H,6-13H2,1-4H3/t14-,16+,17-,18-,19+,20+,22+,23+/m1/s1. The maximum Gasteiger partial charge on any atom is 0.313 e. The minimum Gasteiger partial charge on any atom is -0.462 e. The van der Waals surface area contributed by atoms with Gasteiger partial charge in [-0.2, -0.15) is 0 Å². The molecule has 0 aromatic heterocycles. The minimum atomic E-state index is -0.122. The molecule has 4 fully saturated rings. The maximum atomic E-state index is 12.9. The van der Waals surface area contributed by atoms with Gasteiger partial charge in [-0.15, -0.1) is 0 Å². The fourth-order valence-electron chi connectivity index (χ4n) is 8.22. The molecule has 5 aliphatic rings. The van der Waals surface area contributed by atoms with Crippen LogP contribution < -0.4 is 0 Å². The Bertz CT molecular complexity index is 655. The predicted octanol–water partition coefficient (Wildman–Crippen LogP) is 4.42. The van der Waals surface area contributed by atoms with Crippen LogP contribution >= 0.6 is 0 Å². The number of ether oxygens (including phenoxy) is 1. The summed E-state index contributed by atoms with van der Waals surface area (Å²) in [6.45, 7) is 4.69. The van der Waals surface area contributed by atoms with Gasteiger partial charge in [-0.1, -0.05) is 18.6 Å². The van der Waals surface area contributed by atoms with Gasteiger partial charge in [0.2, 0.25) is 0 Å². The Balaban J connectivity index is 1.48. The van der Waals surface area contributed by atoms with Crippen LogP contribution in [0.1, 0.15) is 65.2 Å². The van der Waals surface area contributed by atoms with Crippen molar-refractivity contribution in [3.05, 3.63) is 11.6 Å². The van der Waals surface area contributed by atoms with Gasteiger partial charge in [-0.05, 0) is 95.6 Å². The molecule has 0 N–H and O–H groups in total. The van der Waals surface area contributed by atoms with Crippen LogP contribution in [0.3, 0.4) is 0 Å². The van der Waals surface area contributed by atoms with Crippen LogP contribution in [0.4, 0.5) is 0 Å². The van der Waals surface area contributed by atoms with E-state index in [4.69, 9.17) is 4.74 Å². The lowest BCUT2D eigenvalue weighted by Crippen LogP contribution is -2.53. The highest BCUT2D eigenvalue weighted by Gasteiger charge is 2.68. The lowest BCUT2D eigenvalue weighted by Gasteiger charge is -2.57. The average molecular weight is 358 g/mol. The first-order valence-corrected chi connectivity index (χ1v) is 10.9. The Morgan fingerprint density at radius 2 is 1.85 bits per heavy atom. The number of allylic oxidation sites excluding steroid dienone is 1. The lowest BCUT2D eigenvalue weighted by atomic mass is 9.47. The first kappa shape index (κ1) is 17.3. The second-order valence-electron chi connectivity index (χ2n) is 10.5. The molecule has 0 amide bonds.